The van der Waals surface area contributed by atoms with E-state index in [0.717, 1.165) is 5.56 Å². The van der Waals surface area contributed by atoms with Crippen molar-refractivity contribution >= 4 is 56.4 Å². The number of carbonyl (C=O) groups excluding carboxylic acids is 1. The first-order chi connectivity index (χ1) is 14.2. The Hall–Kier alpha value is -2.09. The van der Waals surface area contributed by atoms with E-state index in [4.69, 9.17) is 34.8 Å². The molecule has 3 aromatic carbocycles. The van der Waals surface area contributed by atoms with Gasteiger partial charge in [-0.2, -0.15) is 4.72 Å². The predicted octanol–water partition coefficient (Wildman–Crippen LogP) is 5.18. The van der Waals surface area contributed by atoms with E-state index >= 15 is 0 Å². The monoisotopic (exact) mass is 482 g/mol. The molecule has 0 heterocycles. The minimum absolute atomic E-state index is 0.00134. The number of nitrogens with one attached hydrogen (secondary N) is 2. The minimum Gasteiger partial charge on any atom is -0.323 e. The number of benzene rings is 3. The highest BCUT2D eigenvalue weighted by Crippen LogP contribution is 2.26. The summed E-state index contributed by atoms with van der Waals surface area (Å²) < 4.78 is 28.2. The van der Waals surface area contributed by atoms with Gasteiger partial charge in [0.25, 0.3) is 0 Å². The molecule has 0 unspecified atom stereocenters. The van der Waals surface area contributed by atoms with Gasteiger partial charge in [0.1, 0.15) is 6.04 Å². The van der Waals surface area contributed by atoms with Crippen LogP contribution in [-0.4, -0.2) is 20.4 Å². The van der Waals surface area contributed by atoms with Gasteiger partial charge in [-0.3, -0.25) is 4.79 Å². The van der Waals surface area contributed by atoms with Gasteiger partial charge >= 0.3 is 0 Å². The molecule has 0 aliphatic heterocycles. The molecular weight excluding hydrogens is 467 g/mol. The van der Waals surface area contributed by atoms with Crippen LogP contribution in [-0.2, 0) is 21.2 Å². The molecule has 3 rings (SSSR count). The van der Waals surface area contributed by atoms with Crippen LogP contribution in [0.1, 0.15) is 5.56 Å². The van der Waals surface area contributed by atoms with Gasteiger partial charge in [-0.05, 0) is 54.4 Å². The van der Waals surface area contributed by atoms with Crippen molar-refractivity contribution in [3.8, 4) is 0 Å². The summed E-state index contributed by atoms with van der Waals surface area (Å²) in [6.07, 6.45) is 0.137. The number of amides is 1. The maximum Gasteiger partial charge on any atom is 0.242 e. The van der Waals surface area contributed by atoms with Gasteiger partial charge in [-0.1, -0.05) is 65.1 Å². The average molecular weight is 484 g/mol. The van der Waals surface area contributed by atoms with Crippen LogP contribution in [0, 0.1) is 0 Å². The highest BCUT2D eigenvalue weighted by molar-refractivity contribution is 7.89. The summed E-state index contributed by atoms with van der Waals surface area (Å²) in [5.41, 5.74) is 1.08. The standard InChI is InChI=1S/C21H17Cl3N2O3S/c22-15-6-9-17(10-7-15)30(28,29)26-20(12-14-4-2-1-3-5-14)21(27)25-19-13-16(23)8-11-18(19)24/h1-11,13,20,26H,12H2,(H,25,27)/t20-/m0/s1. The summed E-state index contributed by atoms with van der Waals surface area (Å²) in [6.45, 7) is 0. The molecule has 0 radical (unpaired) electrons. The molecule has 0 fully saturated rings. The summed E-state index contributed by atoms with van der Waals surface area (Å²) in [5.74, 6) is -0.569. The number of hydrogen-bond donors (Lipinski definition) is 2. The Bertz CT molecular complexity index is 1140. The third-order valence-electron chi connectivity index (χ3n) is 4.21. The van der Waals surface area contributed by atoms with Crippen molar-refractivity contribution in [3.05, 3.63) is 93.4 Å². The SMILES string of the molecule is O=C(Nc1cc(Cl)ccc1Cl)[C@H](Cc1ccccc1)NS(=O)(=O)c1ccc(Cl)cc1. The molecule has 1 amide bonds. The number of halogens is 3. The Morgan fingerprint density at radius 3 is 2.17 bits per heavy atom. The lowest BCUT2D eigenvalue weighted by molar-refractivity contribution is -0.117. The lowest BCUT2D eigenvalue weighted by atomic mass is 10.1. The fourth-order valence-corrected chi connectivity index (χ4v) is 4.38. The maximum absolute atomic E-state index is 13.0. The van der Waals surface area contributed by atoms with Crippen molar-refractivity contribution in [2.24, 2.45) is 0 Å². The fraction of sp³-hybridized carbons (Fsp3) is 0.0952. The van der Waals surface area contributed by atoms with Crippen LogP contribution in [0.2, 0.25) is 15.1 Å². The molecule has 3 aromatic rings. The summed E-state index contributed by atoms with van der Waals surface area (Å²) in [6, 6.07) is 18.3. The lowest BCUT2D eigenvalue weighted by Crippen LogP contribution is -2.45. The molecule has 0 bridgehead atoms. The highest BCUT2D eigenvalue weighted by Gasteiger charge is 2.26. The Morgan fingerprint density at radius 2 is 1.50 bits per heavy atom. The first-order valence-corrected chi connectivity index (χ1v) is 11.4. The molecule has 1 atom stereocenters. The van der Waals surface area contributed by atoms with E-state index in [9.17, 15) is 13.2 Å². The van der Waals surface area contributed by atoms with Gasteiger partial charge in [0.05, 0.1) is 15.6 Å². The van der Waals surface area contributed by atoms with Crippen molar-refractivity contribution < 1.29 is 13.2 Å². The van der Waals surface area contributed by atoms with Gasteiger partial charge in [-0.25, -0.2) is 8.42 Å². The average Bonchev–Trinajstić information content (AvgIpc) is 2.71. The topological polar surface area (TPSA) is 75.3 Å². The molecule has 5 nitrogen and oxygen atoms in total. The number of carbonyl (C=O) groups is 1. The summed E-state index contributed by atoms with van der Waals surface area (Å²) in [7, 11) is -3.98. The summed E-state index contributed by atoms with van der Waals surface area (Å²) in [5, 5.41) is 3.73. The Balaban J connectivity index is 1.88. The largest absolute Gasteiger partial charge is 0.323 e. The van der Waals surface area contributed by atoms with Crippen LogP contribution >= 0.6 is 34.8 Å². The molecule has 156 valence electrons. The normalized spacial score (nSPS) is 12.4. The van der Waals surface area contributed by atoms with Gasteiger partial charge < -0.3 is 5.32 Å². The van der Waals surface area contributed by atoms with Gasteiger partial charge in [-0.15, -0.1) is 0 Å². The van der Waals surface area contributed by atoms with E-state index in [2.05, 4.69) is 10.0 Å². The van der Waals surface area contributed by atoms with E-state index in [-0.39, 0.29) is 22.0 Å². The van der Waals surface area contributed by atoms with Crippen LogP contribution in [0.5, 0.6) is 0 Å². The quantitative estimate of drug-likeness (QED) is 0.486. The van der Waals surface area contributed by atoms with Crippen LogP contribution < -0.4 is 10.0 Å². The molecule has 0 aromatic heterocycles. The van der Waals surface area contributed by atoms with E-state index in [1.807, 2.05) is 30.3 Å². The first kappa shape index (κ1) is 22.6. The third-order valence-corrected chi connectivity index (χ3v) is 6.51. The molecule has 0 saturated heterocycles. The smallest absolute Gasteiger partial charge is 0.242 e. The molecule has 0 aliphatic carbocycles. The molecule has 0 spiro atoms. The van der Waals surface area contributed by atoms with Gasteiger partial charge in [0, 0.05) is 10.0 Å². The molecule has 0 aliphatic rings. The van der Waals surface area contributed by atoms with Crippen molar-refractivity contribution in [2.75, 3.05) is 5.32 Å². The minimum atomic E-state index is -3.98. The Labute approximate surface area is 190 Å². The maximum atomic E-state index is 13.0. The first-order valence-electron chi connectivity index (χ1n) is 8.82. The molecule has 2 N–H and O–H groups in total. The molecule has 9 heteroatoms. The molecule has 0 saturated carbocycles. The Kier molecular flexibility index (Phi) is 7.39. The van der Waals surface area contributed by atoms with Crippen LogP contribution in [0.25, 0.3) is 0 Å². The zero-order valence-electron chi connectivity index (χ0n) is 15.5. The second-order valence-electron chi connectivity index (χ2n) is 6.43. The number of hydrogen-bond acceptors (Lipinski definition) is 3. The summed E-state index contributed by atoms with van der Waals surface area (Å²) >= 11 is 17.9. The molecular formula is C21H17Cl3N2O3S. The van der Waals surface area contributed by atoms with Gasteiger partial charge in [0.2, 0.25) is 15.9 Å². The van der Waals surface area contributed by atoms with Crippen molar-refractivity contribution in [1.29, 1.82) is 0 Å². The zero-order valence-corrected chi connectivity index (χ0v) is 18.6. The van der Waals surface area contributed by atoms with E-state index in [1.54, 1.807) is 12.1 Å². The second kappa shape index (κ2) is 9.81. The number of sulfonamides is 1. The zero-order chi connectivity index (χ0) is 21.7. The predicted molar refractivity (Wildman–Crippen MR) is 121 cm³/mol. The fourth-order valence-electron chi connectivity index (χ4n) is 2.72. The van der Waals surface area contributed by atoms with Crippen LogP contribution in [0.3, 0.4) is 0 Å². The summed E-state index contributed by atoms with van der Waals surface area (Å²) in [4.78, 5) is 13.0. The van der Waals surface area contributed by atoms with Crippen LogP contribution in [0.15, 0.2) is 77.7 Å². The van der Waals surface area contributed by atoms with E-state index < -0.39 is 22.0 Å². The van der Waals surface area contributed by atoms with Crippen molar-refractivity contribution in [3.63, 3.8) is 0 Å². The number of rotatable bonds is 7. The number of anilines is 1. The van der Waals surface area contributed by atoms with Crippen molar-refractivity contribution in [2.45, 2.75) is 17.4 Å². The van der Waals surface area contributed by atoms with E-state index in [1.165, 1.54) is 30.3 Å². The van der Waals surface area contributed by atoms with Crippen molar-refractivity contribution in [1.82, 2.24) is 4.72 Å². The van der Waals surface area contributed by atoms with Gasteiger partial charge in [0.15, 0.2) is 0 Å². The molecule has 30 heavy (non-hydrogen) atoms. The van der Waals surface area contributed by atoms with E-state index in [0.29, 0.717) is 10.0 Å². The third kappa shape index (κ3) is 5.97. The Morgan fingerprint density at radius 1 is 0.867 bits per heavy atom. The van der Waals surface area contributed by atoms with Crippen LogP contribution in [0.4, 0.5) is 5.69 Å². The second-order valence-corrected chi connectivity index (χ2v) is 9.42. The highest BCUT2D eigenvalue weighted by atomic mass is 35.5. The lowest BCUT2D eigenvalue weighted by Gasteiger charge is -2.19.